The number of hydrogen-bond donors (Lipinski definition) is 0. The first-order valence-electron chi connectivity index (χ1n) is 18.8. The van der Waals surface area contributed by atoms with Crippen molar-refractivity contribution < 1.29 is 0 Å². The highest BCUT2D eigenvalue weighted by Crippen LogP contribution is 2.38. The zero-order valence-corrected chi connectivity index (χ0v) is 31.0. The van der Waals surface area contributed by atoms with Gasteiger partial charge in [-0.05, 0) is 69.2 Å². The molecule has 3 heterocycles. The summed E-state index contributed by atoms with van der Waals surface area (Å²) in [6, 6.07) is 68.6. The van der Waals surface area contributed by atoms with E-state index in [2.05, 4.69) is 199 Å². The van der Waals surface area contributed by atoms with Gasteiger partial charge in [0.2, 0.25) is 0 Å². The first kappa shape index (κ1) is 32.2. The monoisotopic (exact) mass is 732 g/mol. The van der Waals surface area contributed by atoms with Gasteiger partial charge in [0.05, 0.1) is 16.7 Å². The Hall–Kier alpha value is -7.21. The van der Waals surface area contributed by atoms with Crippen molar-refractivity contribution in [2.75, 3.05) is 0 Å². The topological polar surface area (TPSA) is 43.6 Å². The Morgan fingerprint density at radius 1 is 0.357 bits per heavy atom. The molecule has 0 aliphatic heterocycles. The predicted molar refractivity (Wildman–Crippen MR) is 234 cm³/mol. The van der Waals surface area contributed by atoms with Crippen LogP contribution in [-0.4, -0.2) is 19.5 Å². The van der Waals surface area contributed by atoms with E-state index in [1.807, 2.05) is 11.3 Å². The molecule has 0 N–H and O–H groups in total. The van der Waals surface area contributed by atoms with E-state index in [1.165, 1.54) is 47.6 Å². The molecule has 0 saturated heterocycles. The van der Waals surface area contributed by atoms with Gasteiger partial charge < -0.3 is 4.57 Å². The molecule has 262 valence electrons. The van der Waals surface area contributed by atoms with Crippen molar-refractivity contribution in [3.05, 3.63) is 194 Å². The molecule has 0 atom stereocenters. The number of nitrogens with zero attached hydrogens (tertiary/aromatic N) is 4. The standard InChI is InChI=1S/C51H32N4S/c1-3-15-39-33(12-1)14-11-19-40(39)34-24-28-36(29-25-34)49-52-50(37-30-26-35(27-31-37)48-32-38-13-2-10-23-47(38)56-48)54-51(53-49)43-18-6-9-22-46(43)55-44-20-7-4-16-41(44)42-17-5-8-21-45(42)55/h1-32H. The van der Waals surface area contributed by atoms with Gasteiger partial charge in [-0.15, -0.1) is 11.3 Å². The Bertz CT molecular complexity index is 3160. The summed E-state index contributed by atoms with van der Waals surface area (Å²) in [7, 11) is 0. The summed E-state index contributed by atoms with van der Waals surface area (Å²) in [5.74, 6) is 1.87. The van der Waals surface area contributed by atoms with Gasteiger partial charge in [0, 0.05) is 37.0 Å². The molecule has 11 rings (SSSR count). The Labute approximate surface area is 327 Å². The minimum Gasteiger partial charge on any atom is -0.309 e. The molecule has 56 heavy (non-hydrogen) atoms. The maximum Gasteiger partial charge on any atom is 0.166 e. The zero-order valence-electron chi connectivity index (χ0n) is 30.2. The summed E-state index contributed by atoms with van der Waals surface area (Å²) in [5.41, 5.74) is 9.59. The Kier molecular flexibility index (Phi) is 7.64. The van der Waals surface area contributed by atoms with E-state index in [1.54, 1.807) is 0 Å². The van der Waals surface area contributed by atoms with Crippen LogP contribution in [0.2, 0.25) is 0 Å². The van der Waals surface area contributed by atoms with Crippen molar-refractivity contribution in [1.82, 2.24) is 19.5 Å². The molecular formula is C51H32N4S. The van der Waals surface area contributed by atoms with Crippen LogP contribution in [0.5, 0.6) is 0 Å². The number of para-hydroxylation sites is 3. The first-order chi connectivity index (χ1) is 27.7. The lowest BCUT2D eigenvalue weighted by molar-refractivity contribution is 1.06. The third kappa shape index (κ3) is 5.48. The van der Waals surface area contributed by atoms with Gasteiger partial charge in [-0.1, -0.05) is 158 Å². The third-order valence-electron chi connectivity index (χ3n) is 10.7. The maximum atomic E-state index is 5.24. The van der Waals surface area contributed by atoms with Gasteiger partial charge in [0.15, 0.2) is 17.5 Å². The van der Waals surface area contributed by atoms with Crippen molar-refractivity contribution in [3.63, 3.8) is 0 Å². The van der Waals surface area contributed by atoms with Gasteiger partial charge in [-0.2, -0.15) is 0 Å². The molecule has 0 radical (unpaired) electrons. The molecule has 0 spiro atoms. The molecule has 0 fully saturated rings. The van der Waals surface area contributed by atoms with Crippen LogP contribution < -0.4 is 0 Å². The second-order valence-electron chi connectivity index (χ2n) is 14.0. The molecule has 4 nitrogen and oxygen atoms in total. The normalized spacial score (nSPS) is 11.6. The Morgan fingerprint density at radius 2 is 0.857 bits per heavy atom. The lowest BCUT2D eigenvalue weighted by Crippen LogP contribution is -2.03. The van der Waals surface area contributed by atoms with Gasteiger partial charge >= 0.3 is 0 Å². The number of hydrogen-bond acceptors (Lipinski definition) is 4. The lowest BCUT2D eigenvalue weighted by atomic mass is 9.97. The van der Waals surface area contributed by atoms with Gasteiger partial charge in [-0.3, -0.25) is 0 Å². The minimum absolute atomic E-state index is 0.620. The van der Waals surface area contributed by atoms with Crippen molar-refractivity contribution in [1.29, 1.82) is 0 Å². The molecule has 0 bridgehead atoms. The largest absolute Gasteiger partial charge is 0.309 e. The van der Waals surface area contributed by atoms with Crippen molar-refractivity contribution in [3.8, 4) is 61.4 Å². The van der Waals surface area contributed by atoms with Crippen molar-refractivity contribution >= 4 is 54.0 Å². The van der Waals surface area contributed by atoms with Crippen LogP contribution in [0.3, 0.4) is 0 Å². The van der Waals surface area contributed by atoms with E-state index in [-0.39, 0.29) is 0 Å². The second kappa shape index (κ2) is 13.3. The van der Waals surface area contributed by atoms with E-state index >= 15 is 0 Å². The molecular weight excluding hydrogens is 701 g/mol. The SMILES string of the molecule is c1ccc(-n2c3ccccc3c3ccccc32)c(-c2nc(-c3ccc(-c4cc5ccccc5s4)cc3)nc(-c3ccc(-c4cccc5ccccc45)cc3)n2)c1. The molecule has 0 aliphatic carbocycles. The smallest absolute Gasteiger partial charge is 0.166 e. The lowest BCUT2D eigenvalue weighted by Gasteiger charge is -2.15. The molecule has 0 aliphatic rings. The summed E-state index contributed by atoms with van der Waals surface area (Å²) in [6.07, 6.45) is 0. The van der Waals surface area contributed by atoms with Gasteiger partial charge in [0.1, 0.15) is 0 Å². The molecule has 0 amide bonds. The van der Waals surface area contributed by atoms with E-state index in [4.69, 9.17) is 15.0 Å². The third-order valence-corrected chi connectivity index (χ3v) is 11.9. The quantitative estimate of drug-likeness (QED) is 0.171. The van der Waals surface area contributed by atoms with Gasteiger partial charge in [-0.25, -0.2) is 15.0 Å². The molecule has 3 aromatic heterocycles. The molecule has 0 unspecified atom stereocenters. The number of fused-ring (bicyclic) bond motifs is 5. The average Bonchev–Trinajstić information content (AvgIpc) is 3.86. The number of aromatic nitrogens is 4. The maximum absolute atomic E-state index is 5.24. The highest BCUT2D eigenvalue weighted by atomic mass is 32.1. The molecule has 11 aromatic rings. The number of thiophene rings is 1. The van der Waals surface area contributed by atoms with Crippen LogP contribution in [0.15, 0.2) is 194 Å². The number of benzene rings is 8. The summed E-state index contributed by atoms with van der Waals surface area (Å²) in [5, 5.41) is 6.13. The van der Waals surface area contributed by atoms with Crippen LogP contribution >= 0.6 is 11.3 Å². The van der Waals surface area contributed by atoms with Crippen LogP contribution in [0.1, 0.15) is 0 Å². The molecule has 8 aromatic carbocycles. The summed E-state index contributed by atoms with van der Waals surface area (Å²) in [4.78, 5) is 16.9. The van der Waals surface area contributed by atoms with Crippen LogP contribution in [0, 0.1) is 0 Å². The fourth-order valence-corrected chi connectivity index (χ4v) is 9.05. The second-order valence-corrected chi connectivity index (χ2v) is 15.1. The van der Waals surface area contributed by atoms with E-state index in [0.29, 0.717) is 17.5 Å². The van der Waals surface area contributed by atoms with E-state index in [0.717, 1.165) is 39.0 Å². The predicted octanol–water partition coefficient (Wildman–Crippen LogP) is 13.7. The summed E-state index contributed by atoms with van der Waals surface area (Å²) < 4.78 is 3.62. The van der Waals surface area contributed by atoms with Crippen molar-refractivity contribution in [2.45, 2.75) is 0 Å². The van der Waals surface area contributed by atoms with Crippen LogP contribution in [0.25, 0.3) is 104 Å². The first-order valence-corrected chi connectivity index (χ1v) is 19.6. The number of rotatable bonds is 6. The van der Waals surface area contributed by atoms with Crippen LogP contribution in [0.4, 0.5) is 0 Å². The zero-order chi connectivity index (χ0) is 37.0. The van der Waals surface area contributed by atoms with E-state index in [9.17, 15) is 0 Å². The summed E-state index contributed by atoms with van der Waals surface area (Å²) in [6.45, 7) is 0. The minimum atomic E-state index is 0.620. The van der Waals surface area contributed by atoms with E-state index < -0.39 is 0 Å². The van der Waals surface area contributed by atoms with Crippen LogP contribution in [-0.2, 0) is 0 Å². The fourth-order valence-electron chi connectivity index (χ4n) is 7.98. The van der Waals surface area contributed by atoms with Crippen molar-refractivity contribution in [2.24, 2.45) is 0 Å². The molecule has 0 saturated carbocycles. The average molecular weight is 733 g/mol. The molecule has 5 heteroatoms. The Balaban J connectivity index is 1.07. The highest BCUT2D eigenvalue weighted by molar-refractivity contribution is 7.22. The van der Waals surface area contributed by atoms with Gasteiger partial charge in [0.25, 0.3) is 0 Å². The highest BCUT2D eigenvalue weighted by Gasteiger charge is 2.19. The fraction of sp³-hybridized carbons (Fsp3) is 0. The summed E-state index contributed by atoms with van der Waals surface area (Å²) >= 11 is 1.81. The Morgan fingerprint density at radius 3 is 1.55 bits per heavy atom.